The molecule has 6 heteroatoms. The molecule has 0 aromatic heterocycles. The van der Waals surface area contributed by atoms with Crippen molar-refractivity contribution in [2.24, 2.45) is 0 Å². The Bertz CT molecular complexity index is 653. The molecule has 1 aliphatic heterocycles. The summed E-state index contributed by atoms with van der Waals surface area (Å²) in [7, 11) is 0. The maximum atomic E-state index is 14.0. The Labute approximate surface area is 135 Å². The molecule has 21 heavy (non-hydrogen) atoms. The maximum absolute atomic E-state index is 14.0. The third-order valence-corrected chi connectivity index (χ3v) is 4.87. The first kappa shape index (κ1) is 14.7. The molecule has 0 spiro atoms. The molecule has 0 N–H and O–H groups in total. The van der Waals surface area contributed by atoms with Gasteiger partial charge in [0.15, 0.2) is 0 Å². The molecule has 0 bridgehead atoms. The van der Waals surface area contributed by atoms with E-state index in [-0.39, 0.29) is 5.69 Å². The van der Waals surface area contributed by atoms with E-state index < -0.39 is 11.6 Å². The van der Waals surface area contributed by atoms with Gasteiger partial charge in [-0.1, -0.05) is 28.1 Å². The summed E-state index contributed by atoms with van der Waals surface area (Å²) in [5.41, 5.74) is 2.14. The molecule has 0 saturated carbocycles. The van der Waals surface area contributed by atoms with Crippen LogP contribution in [0.3, 0.4) is 0 Å². The summed E-state index contributed by atoms with van der Waals surface area (Å²) in [5, 5.41) is 0.903. The van der Waals surface area contributed by atoms with E-state index in [1.807, 2.05) is 24.3 Å². The van der Waals surface area contributed by atoms with Gasteiger partial charge in [-0.05, 0) is 30.7 Å². The second kappa shape index (κ2) is 6.23. The van der Waals surface area contributed by atoms with Crippen LogP contribution in [0.25, 0.3) is 0 Å². The smallest absolute Gasteiger partial charge is 0.148 e. The number of nitrogens with zero attached hydrogens (tertiary/aromatic N) is 2. The van der Waals surface area contributed by atoms with Crippen molar-refractivity contribution < 1.29 is 8.78 Å². The molecule has 3 rings (SSSR count). The Morgan fingerprint density at radius 3 is 2.52 bits per heavy atom. The number of benzene rings is 2. The summed E-state index contributed by atoms with van der Waals surface area (Å²) in [6.07, 6.45) is 0.973. The lowest BCUT2D eigenvalue weighted by molar-refractivity contribution is 0.602. The van der Waals surface area contributed by atoms with Crippen LogP contribution in [-0.4, -0.2) is 11.9 Å². The summed E-state index contributed by atoms with van der Waals surface area (Å²) < 4.78 is 31.3. The van der Waals surface area contributed by atoms with Crippen LogP contribution < -0.4 is 8.61 Å². The first-order valence-corrected chi connectivity index (χ1v) is 8.41. The zero-order valence-electron chi connectivity index (χ0n) is 11.1. The molecule has 0 saturated heterocycles. The average Bonchev–Trinajstić information content (AvgIpc) is 2.86. The molecule has 0 radical (unpaired) electrons. The highest BCUT2D eigenvalue weighted by Gasteiger charge is 2.29. The van der Waals surface area contributed by atoms with Crippen LogP contribution in [-0.2, 0) is 0 Å². The molecular weight excluding hydrogens is 358 g/mol. The third-order valence-electron chi connectivity index (χ3n) is 3.17. The molecule has 0 unspecified atom stereocenters. The van der Waals surface area contributed by atoms with E-state index in [2.05, 4.69) is 20.2 Å². The van der Waals surface area contributed by atoms with Crippen LogP contribution in [0.4, 0.5) is 25.8 Å². The Morgan fingerprint density at radius 1 is 1.00 bits per heavy atom. The number of hydrogen-bond donors (Lipinski definition) is 0. The van der Waals surface area contributed by atoms with Gasteiger partial charge in [0.1, 0.15) is 11.6 Å². The Hall–Kier alpha value is -1.27. The van der Waals surface area contributed by atoms with Crippen LogP contribution in [0.1, 0.15) is 6.42 Å². The topological polar surface area (TPSA) is 6.48 Å². The van der Waals surface area contributed by atoms with Gasteiger partial charge in [-0.25, -0.2) is 8.78 Å². The second-order valence-electron chi connectivity index (χ2n) is 4.61. The van der Waals surface area contributed by atoms with Crippen molar-refractivity contribution in [1.29, 1.82) is 0 Å². The fraction of sp³-hybridized carbons (Fsp3) is 0.200. The Balaban J connectivity index is 1.99. The maximum Gasteiger partial charge on any atom is 0.148 e. The van der Waals surface area contributed by atoms with Crippen molar-refractivity contribution in [3.05, 3.63) is 54.1 Å². The lowest BCUT2D eigenvalue weighted by Gasteiger charge is -2.19. The minimum Gasteiger partial charge on any atom is -0.296 e. The quantitative estimate of drug-likeness (QED) is 0.534. The highest BCUT2D eigenvalue weighted by molar-refractivity contribution is 9.09. The molecule has 2 aromatic carbocycles. The van der Waals surface area contributed by atoms with E-state index in [9.17, 15) is 8.78 Å². The van der Waals surface area contributed by atoms with Crippen LogP contribution in [0.15, 0.2) is 42.5 Å². The lowest BCUT2D eigenvalue weighted by Crippen LogP contribution is -2.15. The summed E-state index contributed by atoms with van der Waals surface area (Å²) >= 11 is 4.81. The van der Waals surface area contributed by atoms with Gasteiger partial charge in [-0.2, -0.15) is 0 Å². The molecule has 1 aliphatic rings. The van der Waals surface area contributed by atoms with Crippen molar-refractivity contribution in [2.45, 2.75) is 6.42 Å². The van der Waals surface area contributed by atoms with Crippen molar-refractivity contribution in [2.75, 3.05) is 20.5 Å². The van der Waals surface area contributed by atoms with E-state index in [0.717, 1.165) is 41.8 Å². The van der Waals surface area contributed by atoms with E-state index in [4.69, 9.17) is 0 Å². The van der Waals surface area contributed by atoms with Crippen LogP contribution in [0, 0.1) is 11.6 Å². The molecule has 110 valence electrons. The number of halogens is 3. The zero-order chi connectivity index (χ0) is 14.8. The Morgan fingerprint density at radius 2 is 1.76 bits per heavy atom. The summed E-state index contributed by atoms with van der Waals surface area (Å²) in [5.74, 6) is -0.871. The molecule has 0 atom stereocenters. The molecular formula is C15H13BrF2N2S. The van der Waals surface area contributed by atoms with Gasteiger partial charge >= 0.3 is 0 Å². The lowest BCUT2D eigenvalue weighted by atomic mass is 10.2. The molecule has 2 aromatic rings. The minimum atomic E-state index is -0.441. The first-order valence-electron chi connectivity index (χ1n) is 6.56. The van der Waals surface area contributed by atoms with Gasteiger partial charge in [-0.15, -0.1) is 0 Å². The number of rotatable bonds is 4. The van der Waals surface area contributed by atoms with Gasteiger partial charge in [0, 0.05) is 17.9 Å². The summed E-state index contributed by atoms with van der Waals surface area (Å²) in [6, 6.07) is 11.3. The number of anilines is 3. The largest absolute Gasteiger partial charge is 0.296 e. The number of alkyl halides is 1. The summed E-state index contributed by atoms with van der Waals surface area (Å²) in [6.45, 7) is 0.834. The monoisotopic (exact) mass is 370 g/mol. The van der Waals surface area contributed by atoms with Gasteiger partial charge in [0.2, 0.25) is 0 Å². The number of para-hydroxylation sites is 2. The van der Waals surface area contributed by atoms with Gasteiger partial charge in [-0.3, -0.25) is 8.61 Å². The summed E-state index contributed by atoms with van der Waals surface area (Å²) in [4.78, 5) is 0. The van der Waals surface area contributed by atoms with Crippen LogP contribution in [0.5, 0.6) is 0 Å². The van der Waals surface area contributed by atoms with Crippen molar-refractivity contribution in [1.82, 2.24) is 0 Å². The number of hydrogen-bond acceptors (Lipinski definition) is 3. The van der Waals surface area contributed by atoms with E-state index in [0.29, 0.717) is 0 Å². The van der Waals surface area contributed by atoms with Crippen LogP contribution >= 0.6 is 28.1 Å². The Kier molecular flexibility index (Phi) is 4.35. The highest BCUT2D eigenvalue weighted by atomic mass is 79.9. The van der Waals surface area contributed by atoms with E-state index in [1.54, 1.807) is 4.31 Å². The van der Waals surface area contributed by atoms with Gasteiger partial charge in [0.25, 0.3) is 0 Å². The third kappa shape index (κ3) is 2.87. The zero-order valence-corrected chi connectivity index (χ0v) is 13.5. The number of fused-ring (bicyclic) bond motifs is 1. The van der Waals surface area contributed by atoms with Crippen molar-refractivity contribution >= 4 is 45.1 Å². The van der Waals surface area contributed by atoms with Gasteiger partial charge in [0.05, 0.1) is 29.2 Å². The van der Waals surface area contributed by atoms with Gasteiger partial charge < -0.3 is 0 Å². The second-order valence-corrected chi connectivity index (χ2v) is 6.37. The normalized spacial score (nSPS) is 13.7. The molecule has 0 aliphatic carbocycles. The fourth-order valence-electron chi connectivity index (χ4n) is 2.21. The molecule has 2 nitrogen and oxygen atoms in total. The highest BCUT2D eigenvalue weighted by Crippen LogP contribution is 2.49. The SMILES string of the molecule is Fc1ccc(F)c(N2SN(CCCBr)c3ccccc32)c1. The fourth-order valence-corrected chi connectivity index (χ4v) is 3.58. The standard InChI is InChI=1S/C15H13BrF2N2S/c16-8-3-9-19-13-4-1-2-5-14(13)20(21-19)15-10-11(17)6-7-12(15)18/h1-2,4-7,10H,3,8-9H2. The van der Waals surface area contributed by atoms with E-state index >= 15 is 0 Å². The molecule has 1 heterocycles. The first-order chi connectivity index (χ1) is 10.2. The van der Waals surface area contributed by atoms with Crippen LogP contribution in [0.2, 0.25) is 0 Å². The van der Waals surface area contributed by atoms with Crippen molar-refractivity contribution in [3.63, 3.8) is 0 Å². The van der Waals surface area contributed by atoms with E-state index in [1.165, 1.54) is 18.2 Å². The van der Waals surface area contributed by atoms with Crippen molar-refractivity contribution in [3.8, 4) is 0 Å². The molecule has 0 amide bonds. The average molecular weight is 371 g/mol. The predicted molar refractivity (Wildman–Crippen MR) is 88.3 cm³/mol. The molecule has 0 fully saturated rings. The minimum absolute atomic E-state index is 0.244. The predicted octanol–water partition coefficient (Wildman–Crippen LogP) is 5.27.